The summed E-state index contributed by atoms with van der Waals surface area (Å²) in [5.74, 6) is -0.991. The molecular formula is C23H27FN2O2. The first-order valence-corrected chi connectivity index (χ1v) is 9.71. The lowest BCUT2D eigenvalue weighted by Gasteiger charge is -2.31. The number of likely N-dealkylation sites (tertiary alicyclic amines) is 1. The molecule has 0 aromatic heterocycles. The van der Waals surface area contributed by atoms with Crippen LogP contribution in [0, 0.1) is 11.7 Å². The number of anilines is 1. The van der Waals surface area contributed by atoms with Gasteiger partial charge in [0, 0.05) is 24.7 Å². The van der Waals surface area contributed by atoms with Gasteiger partial charge in [-0.05, 0) is 48.1 Å². The van der Waals surface area contributed by atoms with E-state index in [0.29, 0.717) is 25.9 Å². The van der Waals surface area contributed by atoms with Crippen LogP contribution in [0.25, 0.3) is 0 Å². The summed E-state index contributed by atoms with van der Waals surface area (Å²) in [4.78, 5) is 26.7. The third-order valence-electron chi connectivity index (χ3n) is 5.28. The molecule has 1 saturated heterocycles. The molecule has 0 saturated carbocycles. The number of piperidine rings is 1. The Morgan fingerprint density at radius 2 is 1.61 bits per heavy atom. The molecule has 1 N–H and O–H groups in total. The largest absolute Gasteiger partial charge is 0.339 e. The second-order valence-electron chi connectivity index (χ2n) is 8.36. The number of carbonyl (C=O) groups excluding carboxylic acids is 2. The summed E-state index contributed by atoms with van der Waals surface area (Å²) < 4.78 is 13.8. The molecule has 1 aliphatic rings. The topological polar surface area (TPSA) is 49.4 Å². The smallest absolute Gasteiger partial charge is 0.256 e. The quantitative estimate of drug-likeness (QED) is 0.842. The van der Waals surface area contributed by atoms with Crippen molar-refractivity contribution < 1.29 is 14.0 Å². The minimum Gasteiger partial charge on any atom is -0.339 e. The van der Waals surface area contributed by atoms with Gasteiger partial charge in [0.25, 0.3) is 5.91 Å². The molecule has 1 heterocycles. The van der Waals surface area contributed by atoms with E-state index >= 15 is 0 Å². The molecule has 3 rings (SSSR count). The van der Waals surface area contributed by atoms with Crippen molar-refractivity contribution in [3.8, 4) is 0 Å². The molecule has 2 aromatic carbocycles. The highest BCUT2D eigenvalue weighted by molar-refractivity contribution is 5.95. The van der Waals surface area contributed by atoms with Gasteiger partial charge < -0.3 is 10.2 Å². The number of nitrogens with one attached hydrogen (secondary N) is 1. The van der Waals surface area contributed by atoms with Crippen molar-refractivity contribution in [2.75, 3.05) is 18.4 Å². The van der Waals surface area contributed by atoms with Crippen LogP contribution in [0.2, 0.25) is 0 Å². The van der Waals surface area contributed by atoms with E-state index in [1.54, 1.807) is 17.0 Å². The highest BCUT2D eigenvalue weighted by atomic mass is 19.1. The van der Waals surface area contributed by atoms with Crippen LogP contribution >= 0.6 is 0 Å². The van der Waals surface area contributed by atoms with E-state index in [4.69, 9.17) is 0 Å². The molecule has 0 radical (unpaired) electrons. The van der Waals surface area contributed by atoms with Gasteiger partial charge in [-0.15, -0.1) is 0 Å². The van der Waals surface area contributed by atoms with Crippen LogP contribution in [0.4, 0.5) is 10.1 Å². The van der Waals surface area contributed by atoms with Gasteiger partial charge in [-0.3, -0.25) is 9.59 Å². The van der Waals surface area contributed by atoms with Gasteiger partial charge in [0.15, 0.2) is 0 Å². The molecule has 1 fully saturated rings. The minimum atomic E-state index is -0.508. The van der Waals surface area contributed by atoms with Gasteiger partial charge in [0.1, 0.15) is 5.82 Å². The van der Waals surface area contributed by atoms with E-state index in [0.717, 1.165) is 5.69 Å². The molecule has 2 aromatic rings. The molecular weight excluding hydrogens is 355 g/mol. The van der Waals surface area contributed by atoms with Gasteiger partial charge in [0.2, 0.25) is 5.91 Å². The SMILES string of the molecule is CC(C)(C)c1ccc(NC(=O)C2CCN(C(=O)c3ccccc3F)CC2)cc1. The average molecular weight is 382 g/mol. The summed E-state index contributed by atoms with van der Waals surface area (Å²) in [6, 6.07) is 13.9. The first kappa shape index (κ1) is 20.1. The number of hydrogen-bond donors (Lipinski definition) is 1. The molecule has 0 bridgehead atoms. The maximum atomic E-state index is 13.8. The first-order chi connectivity index (χ1) is 13.3. The fourth-order valence-electron chi connectivity index (χ4n) is 3.45. The van der Waals surface area contributed by atoms with E-state index in [1.807, 2.05) is 24.3 Å². The number of amides is 2. The first-order valence-electron chi connectivity index (χ1n) is 9.71. The highest BCUT2D eigenvalue weighted by Gasteiger charge is 2.28. The van der Waals surface area contributed by atoms with E-state index in [9.17, 15) is 14.0 Å². The number of hydrogen-bond acceptors (Lipinski definition) is 2. The maximum absolute atomic E-state index is 13.8. The lowest BCUT2D eigenvalue weighted by atomic mass is 9.87. The molecule has 2 amide bonds. The van der Waals surface area contributed by atoms with Gasteiger partial charge in [-0.1, -0.05) is 45.0 Å². The fraction of sp³-hybridized carbons (Fsp3) is 0.391. The molecule has 0 unspecified atom stereocenters. The predicted molar refractivity (Wildman–Crippen MR) is 109 cm³/mol. The van der Waals surface area contributed by atoms with Crippen molar-refractivity contribution in [3.05, 3.63) is 65.5 Å². The third kappa shape index (κ3) is 4.58. The number of carbonyl (C=O) groups is 2. The van der Waals surface area contributed by atoms with E-state index in [1.165, 1.54) is 17.7 Å². The normalized spacial score (nSPS) is 15.4. The number of halogens is 1. The lowest BCUT2D eigenvalue weighted by Crippen LogP contribution is -2.41. The van der Waals surface area contributed by atoms with Crippen molar-refractivity contribution in [2.24, 2.45) is 5.92 Å². The van der Waals surface area contributed by atoms with Crippen LogP contribution in [0.15, 0.2) is 48.5 Å². The van der Waals surface area contributed by atoms with Crippen LogP contribution < -0.4 is 5.32 Å². The number of benzene rings is 2. The van der Waals surface area contributed by atoms with E-state index < -0.39 is 5.82 Å². The van der Waals surface area contributed by atoms with Gasteiger partial charge in [-0.2, -0.15) is 0 Å². The number of nitrogens with zero attached hydrogens (tertiary/aromatic N) is 1. The van der Waals surface area contributed by atoms with Gasteiger partial charge in [0.05, 0.1) is 5.56 Å². The predicted octanol–water partition coefficient (Wildman–Crippen LogP) is 4.61. The molecule has 5 heteroatoms. The van der Waals surface area contributed by atoms with E-state index in [2.05, 4.69) is 26.1 Å². The lowest BCUT2D eigenvalue weighted by molar-refractivity contribution is -0.121. The summed E-state index contributed by atoms with van der Waals surface area (Å²) in [7, 11) is 0. The van der Waals surface area contributed by atoms with Crippen molar-refractivity contribution in [1.29, 1.82) is 0 Å². The second-order valence-corrected chi connectivity index (χ2v) is 8.36. The summed E-state index contributed by atoms with van der Waals surface area (Å²) in [6.07, 6.45) is 1.15. The molecule has 28 heavy (non-hydrogen) atoms. The fourth-order valence-corrected chi connectivity index (χ4v) is 3.45. The maximum Gasteiger partial charge on any atom is 0.256 e. The zero-order chi connectivity index (χ0) is 20.3. The Morgan fingerprint density at radius 3 is 2.18 bits per heavy atom. The van der Waals surface area contributed by atoms with Crippen LogP contribution in [0.3, 0.4) is 0 Å². The Labute approximate surface area is 165 Å². The highest BCUT2D eigenvalue weighted by Crippen LogP contribution is 2.25. The monoisotopic (exact) mass is 382 g/mol. The van der Waals surface area contributed by atoms with Crippen molar-refractivity contribution in [3.63, 3.8) is 0 Å². The standard InChI is InChI=1S/C23H27FN2O2/c1-23(2,3)17-8-10-18(11-9-17)25-21(27)16-12-14-26(15-13-16)22(28)19-6-4-5-7-20(19)24/h4-11,16H,12-15H2,1-3H3,(H,25,27). The summed E-state index contributed by atoms with van der Waals surface area (Å²) in [6.45, 7) is 7.35. The van der Waals surface area contributed by atoms with Crippen LogP contribution in [0.1, 0.15) is 49.5 Å². The van der Waals surface area contributed by atoms with Crippen LogP contribution in [-0.4, -0.2) is 29.8 Å². The average Bonchev–Trinajstić information content (AvgIpc) is 2.67. The Bertz CT molecular complexity index is 848. The summed E-state index contributed by atoms with van der Waals surface area (Å²) in [5, 5.41) is 2.97. The molecule has 0 aliphatic carbocycles. The van der Waals surface area contributed by atoms with Crippen molar-refractivity contribution >= 4 is 17.5 Å². The van der Waals surface area contributed by atoms with Crippen molar-refractivity contribution in [1.82, 2.24) is 4.90 Å². The minimum absolute atomic E-state index is 0.0264. The Kier molecular flexibility index (Phi) is 5.82. The van der Waals surface area contributed by atoms with E-state index in [-0.39, 0.29) is 28.7 Å². The zero-order valence-electron chi connectivity index (χ0n) is 16.7. The molecule has 148 valence electrons. The third-order valence-corrected chi connectivity index (χ3v) is 5.28. The molecule has 4 nitrogen and oxygen atoms in total. The molecule has 0 atom stereocenters. The van der Waals surface area contributed by atoms with Crippen LogP contribution in [-0.2, 0) is 10.2 Å². The second kappa shape index (κ2) is 8.13. The molecule has 1 aliphatic heterocycles. The summed E-state index contributed by atoms with van der Waals surface area (Å²) in [5.41, 5.74) is 2.15. The molecule has 0 spiro atoms. The Morgan fingerprint density at radius 1 is 1.00 bits per heavy atom. The Balaban J connectivity index is 1.55. The van der Waals surface area contributed by atoms with Crippen molar-refractivity contribution in [2.45, 2.75) is 39.0 Å². The Hall–Kier alpha value is -2.69. The number of rotatable bonds is 3. The van der Waals surface area contributed by atoms with Gasteiger partial charge >= 0.3 is 0 Å². The van der Waals surface area contributed by atoms with Crippen LogP contribution in [0.5, 0.6) is 0 Å². The zero-order valence-corrected chi connectivity index (χ0v) is 16.7. The van der Waals surface area contributed by atoms with Gasteiger partial charge in [-0.25, -0.2) is 4.39 Å². The summed E-state index contributed by atoms with van der Waals surface area (Å²) >= 11 is 0.